The second-order valence-corrected chi connectivity index (χ2v) is 10.8. The summed E-state index contributed by atoms with van der Waals surface area (Å²) in [5.74, 6) is 0.915. The van der Waals surface area contributed by atoms with Crippen LogP contribution in [0.1, 0.15) is 0 Å². The van der Waals surface area contributed by atoms with Gasteiger partial charge in [-0.05, 0) is 62.7 Å². The van der Waals surface area contributed by atoms with Gasteiger partial charge in [-0.1, -0.05) is 140 Å². The van der Waals surface area contributed by atoms with Gasteiger partial charge in [-0.25, -0.2) is 4.98 Å². The Morgan fingerprint density at radius 1 is 0.395 bits per heavy atom. The first kappa shape index (κ1) is 25.0. The van der Waals surface area contributed by atoms with Crippen LogP contribution < -0.4 is 4.90 Å². The molecule has 0 aliphatic heterocycles. The van der Waals surface area contributed by atoms with Gasteiger partial charge in [-0.2, -0.15) is 0 Å². The molecule has 0 saturated heterocycles. The Morgan fingerprint density at radius 3 is 1.63 bits per heavy atom. The Hall–Kier alpha value is -5.73. The molecule has 2 heteroatoms. The average molecular weight is 549 g/mol. The highest BCUT2D eigenvalue weighted by Gasteiger charge is 2.23. The fraction of sp³-hybridized carbons (Fsp3) is 0. The standard InChI is InChI=1S/C41H28N2/c1-3-14-29(15-4-1)31-17-13-18-32(28-31)39-35-22-9-11-24-37(35)40(38-25-12-10-23-36(38)39)43(33-19-5-2-6-20-33)41-34-21-8-7-16-30(34)26-27-42-41/h1-28H. The summed E-state index contributed by atoms with van der Waals surface area (Å²) < 4.78 is 0. The lowest BCUT2D eigenvalue weighted by molar-refractivity contribution is 1.21. The van der Waals surface area contributed by atoms with Crippen LogP contribution in [0.25, 0.3) is 54.6 Å². The quantitative estimate of drug-likeness (QED) is 0.199. The molecule has 0 aliphatic rings. The fourth-order valence-corrected chi connectivity index (χ4v) is 6.36. The fourth-order valence-electron chi connectivity index (χ4n) is 6.36. The minimum Gasteiger partial charge on any atom is -0.293 e. The predicted octanol–water partition coefficient (Wildman–Crippen LogP) is 11.3. The molecule has 1 aromatic heterocycles. The van der Waals surface area contributed by atoms with Gasteiger partial charge in [0.25, 0.3) is 0 Å². The van der Waals surface area contributed by atoms with Crippen LogP contribution in [-0.2, 0) is 0 Å². The number of hydrogen-bond acceptors (Lipinski definition) is 2. The Balaban J connectivity index is 1.48. The van der Waals surface area contributed by atoms with E-state index in [0.29, 0.717) is 0 Å². The van der Waals surface area contributed by atoms with Crippen LogP contribution in [-0.4, -0.2) is 4.98 Å². The molecule has 202 valence electrons. The molecule has 0 unspecified atom stereocenters. The van der Waals surface area contributed by atoms with Crippen molar-refractivity contribution in [3.05, 3.63) is 170 Å². The first-order valence-corrected chi connectivity index (χ1v) is 14.6. The first-order chi connectivity index (χ1) is 21.4. The summed E-state index contributed by atoms with van der Waals surface area (Å²) >= 11 is 0. The van der Waals surface area contributed by atoms with Gasteiger partial charge in [-0.3, -0.25) is 4.90 Å². The van der Waals surface area contributed by atoms with Crippen molar-refractivity contribution < 1.29 is 0 Å². The van der Waals surface area contributed by atoms with Crippen molar-refractivity contribution in [2.24, 2.45) is 0 Å². The van der Waals surface area contributed by atoms with Crippen LogP contribution in [0.3, 0.4) is 0 Å². The molecule has 0 spiro atoms. The first-order valence-electron chi connectivity index (χ1n) is 14.6. The minimum absolute atomic E-state index is 0.915. The predicted molar refractivity (Wildman–Crippen MR) is 182 cm³/mol. The molecule has 0 N–H and O–H groups in total. The molecule has 1 heterocycles. The maximum absolute atomic E-state index is 5.03. The van der Waals surface area contributed by atoms with E-state index in [0.717, 1.165) is 28.0 Å². The van der Waals surface area contributed by atoms with Gasteiger partial charge in [0.15, 0.2) is 0 Å². The largest absolute Gasteiger partial charge is 0.293 e. The van der Waals surface area contributed by atoms with E-state index in [-0.39, 0.29) is 0 Å². The molecule has 0 bridgehead atoms. The van der Waals surface area contributed by atoms with Gasteiger partial charge in [0.1, 0.15) is 5.82 Å². The Labute approximate surface area is 251 Å². The summed E-state index contributed by atoms with van der Waals surface area (Å²) in [7, 11) is 0. The molecule has 0 saturated carbocycles. The zero-order chi connectivity index (χ0) is 28.6. The Kier molecular flexibility index (Phi) is 6.16. The monoisotopic (exact) mass is 548 g/mol. The average Bonchev–Trinajstić information content (AvgIpc) is 3.09. The van der Waals surface area contributed by atoms with E-state index in [4.69, 9.17) is 4.98 Å². The van der Waals surface area contributed by atoms with Crippen molar-refractivity contribution >= 4 is 49.5 Å². The minimum atomic E-state index is 0.915. The van der Waals surface area contributed by atoms with Gasteiger partial charge < -0.3 is 0 Å². The number of benzene rings is 7. The van der Waals surface area contributed by atoms with Crippen LogP contribution >= 0.6 is 0 Å². The lowest BCUT2D eigenvalue weighted by atomic mass is 9.89. The molecule has 0 radical (unpaired) electrons. The molecule has 2 nitrogen and oxygen atoms in total. The number of pyridine rings is 1. The maximum Gasteiger partial charge on any atom is 0.145 e. The molecule has 0 atom stereocenters. The lowest BCUT2D eigenvalue weighted by Gasteiger charge is -2.29. The summed E-state index contributed by atoms with van der Waals surface area (Å²) in [4.78, 5) is 7.37. The molecular weight excluding hydrogens is 520 g/mol. The molecular formula is C41H28N2. The van der Waals surface area contributed by atoms with Gasteiger partial charge in [0, 0.05) is 28.0 Å². The van der Waals surface area contributed by atoms with Crippen LogP contribution in [0.4, 0.5) is 17.2 Å². The normalized spacial score (nSPS) is 11.3. The van der Waals surface area contributed by atoms with Crippen molar-refractivity contribution in [2.75, 3.05) is 4.90 Å². The SMILES string of the molecule is c1ccc(-c2cccc(-c3c4ccccc4c(N(c4ccccc4)c4nccc5ccccc45)c4ccccc34)c2)cc1. The molecule has 0 aliphatic carbocycles. The van der Waals surface area contributed by atoms with Crippen molar-refractivity contribution in [2.45, 2.75) is 0 Å². The summed E-state index contributed by atoms with van der Waals surface area (Å²) in [5.41, 5.74) is 7.07. The van der Waals surface area contributed by atoms with E-state index in [1.165, 1.54) is 43.8 Å². The number of fused-ring (bicyclic) bond motifs is 3. The second kappa shape index (κ2) is 10.6. The third-order valence-corrected chi connectivity index (χ3v) is 8.26. The van der Waals surface area contributed by atoms with Crippen LogP contribution in [0.5, 0.6) is 0 Å². The van der Waals surface area contributed by atoms with Gasteiger partial charge in [0.05, 0.1) is 5.69 Å². The molecule has 8 aromatic rings. The third-order valence-electron chi connectivity index (χ3n) is 8.26. The van der Waals surface area contributed by atoms with E-state index in [2.05, 4.69) is 169 Å². The zero-order valence-corrected chi connectivity index (χ0v) is 23.6. The number of para-hydroxylation sites is 1. The van der Waals surface area contributed by atoms with Crippen LogP contribution in [0.15, 0.2) is 170 Å². The lowest BCUT2D eigenvalue weighted by Crippen LogP contribution is -2.13. The van der Waals surface area contributed by atoms with Crippen LogP contribution in [0, 0.1) is 0 Å². The molecule has 7 aromatic carbocycles. The number of anilines is 3. The molecule has 43 heavy (non-hydrogen) atoms. The van der Waals surface area contributed by atoms with Crippen LogP contribution in [0.2, 0.25) is 0 Å². The van der Waals surface area contributed by atoms with Crippen molar-refractivity contribution in [3.63, 3.8) is 0 Å². The highest BCUT2D eigenvalue weighted by Crippen LogP contribution is 2.48. The molecule has 8 rings (SSSR count). The summed E-state index contributed by atoms with van der Waals surface area (Å²) in [6.07, 6.45) is 1.92. The van der Waals surface area contributed by atoms with Gasteiger partial charge in [-0.15, -0.1) is 0 Å². The van der Waals surface area contributed by atoms with E-state index in [1.54, 1.807) is 0 Å². The smallest absolute Gasteiger partial charge is 0.145 e. The summed E-state index contributed by atoms with van der Waals surface area (Å²) in [5, 5.41) is 7.06. The third kappa shape index (κ3) is 4.32. The van der Waals surface area contributed by atoms with E-state index in [1.807, 2.05) is 6.20 Å². The molecule has 0 fully saturated rings. The van der Waals surface area contributed by atoms with Gasteiger partial charge >= 0.3 is 0 Å². The van der Waals surface area contributed by atoms with E-state index < -0.39 is 0 Å². The zero-order valence-electron chi connectivity index (χ0n) is 23.6. The second-order valence-electron chi connectivity index (χ2n) is 10.8. The van der Waals surface area contributed by atoms with Gasteiger partial charge in [0.2, 0.25) is 0 Å². The van der Waals surface area contributed by atoms with Crippen molar-refractivity contribution in [3.8, 4) is 22.3 Å². The summed E-state index contributed by atoms with van der Waals surface area (Å²) in [6.45, 7) is 0. The number of aromatic nitrogens is 1. The van der Waals surface area contributed by atoms with Crippen molar-refractivity contribution in [1.82, 2.24) is 4.98 Å². The van der Waals surface area contributed by atoms with Crippen molar-refractivity contribution in [1.29, 1.82) is 0 Å². The summed E-state index contributed by atoms with van der Waals surface area (Å²) in [6, 6.07) is 58.3. The number of rotatable bonds is 5. The molecule has 0 amide bonds. The maximum atomic E-state index is 5.03. The van der Waals surface area contributed by atoms with E-state index in [9.17, 15) is 0 Å². The number of nitrogens with zero attached hydrogens (tertiary/aromatic N) is 2. The topological polar surface area (TPSA) is 16.1 Å². The Bertz CT molecular complexity index is 2180. The Morgan fingerprint density at radius 2 is 0.930 bits per heavy atom. The highest BCUT2D eigenvalue weighted by atomic mass is 15.2. The number of hydrogen-bond donors (Lipinski definition) is 0. The highest BCUT2D eigenvalue weighted by molar-refractivity contribution is 6.23. The van der Waals surface area contributed by atoms with E-state index >= 15 is 0 Å².